The molecule has 1 rings (SSSR count). The van der Waals surface area contributed by atoms with Gasteiger partial charge in [0.05, 0.1) is 0 Å². The van der Waals surface area contributed by atoms with E-state index in [0.29, 0.717) is 23.8 Å². The van der Waals surface area contributed by atoms with E-state index < -0.39 is 0 Å². The molecule has 0 fully saturated rings. The highest BCUT2D eigenvalue weighted by atomic mass is 16.1. The second kappa shape index (κ2) is 6.07. The molecule has 0 radical (unpaired) electrons. The van der Waals surface area contributed by atoms with E-state index in [2.05, 4.69) is 29.6 Å². The third-order valence-electron chi connectivity index (χ3n) is 2.48. The van der Waals surface area contributed by atoms with Gasteiger partial charge in [-0.3, -0.25) is 4.79 Å². The lowest BCUT2D eigenvalue weighted by atomic mass is 10.1. The standard InChI is InChI=1S/C11H18N4O/c1-3-8(2)7-14-11(16)9-4-5-13-10(6-9)15-12/h4-6,8H,3,7,12H2,1-2H3,(H,13,15)(H,14,16). The maximum Gasteiger partial charge on any atom is 0.251 e. The summed E-state index contributed by atoms with van der Waals surface area (Å²) in [6, 6.07) is 3.28. The van der Waals surface area contributed by atoms with E-state index in [4.69, 9.17) is 5.84 Å². The first-order valence-electron chi connectivity index (χ1n) is 5.38. The van der Waals surface area contributed by atoms with Gasteiger partial charge in [0.1, 0.15) is 5.82 Å². The van der Waals surface area contributed by atoms with Crippen molar-refractivity contribution in [2.24, 2.45) is 11.8 Å². The first kappa shape index (κ1) is 12.4. The molecular weight excluding hydrogens is 204 g/mol. The number of nitrogen functional groups attached to an aromatic ring is 1. The molecule has 88 valence electrons. The number of nitrogens with two attached hydrogens (primary N) is 1. The van der Waals surface area contributed by atoms with Crippen LogP contribution in [0.4, 0.5) is 5.82 Å². The van der Waals surface area contributed by atoms with Crippen LogP contribution in [0.1, 0.15) is 30.6 Å². The fourth-order valence-corrected chi connectivity index (χ4v) is 1.16. The van der Waals surface area contributed by atoms with E-state index in [-0.39, 0.29) is 5.91 Å². The van der Waals surface area contributed by atoms with E-state index in [9.17, 15) is 4.79 Å². The third-order valence-corrected chi connectivity index (χ3v) is 2.48. The minimum absolute atomic E-state index is 0.0980. The number of rotatable bonds is 5. The number of nitrogens with zero attached hydrogens (tertiary/aromatic N) is 1. The van der Waals surface area contributed by atoms with Gasteiger partial charge in [-0.25, -0.2) is 10.8 Å². The van der Waals surface area contributed by atoms with Crippen LogP contribution in [-0.2, 0) is 0 Å². The molecule has 0 saturated carbocycles. The van der Waals surface area contributed by atoms with Crippen molar-refractivity contribution in [2.75, 3.05) is 12.0 Å². The normalized spacial score (nSPS) is 11.9. The van der Waals surface area contributed by atoms with E-state index in [0.717, 1.165) is 6.42 Å². The van der Waals surface area contributed by atoms with Crippen molar-refractivity contribution in [3.8, 4) is 0 Å². The Morgan fingerprint density at radius 1 is 1.62 bits per heavy atom. The van der Waals surface area contributed by atoms with Crippen LogP contribution < -0.4 is 16.6 Å². The Morgan fingerprint density at radius 2 is 2.38 bits per heavy atom. The summed E-state index contributed by atoms with van der Waals surface area (Å²) in [5, 5.41) is 2.87. The van der Waals surface area contributed by atoms with Crippen molar-refractivity contribution in [2.45, 2.75) is 20.3 Å². The number of pyridine rings is 1. The first-order valence-corrected chi connectivity index (χ1v) is 5.38. The average molecular weight is 222 g/mol. The summed E-state index contributed by atoms with van der Waals surface area (Å²) in [7, 11) is 0. The quantitative estimate of drug-likeness (QED) is 0.515. The Hall–Kier alpha value is -1.62. The van der Waals surface area contributed by atoms with Crippen LogP contribution in [0, 0.1) is 5.92 Å². The zero-order chi connectivity index (χ0) is 12.0. The average Bonchev–Trinajstić information content (AvgIpc) is 2.35. The highest BCUT2D eigenvalue weighted by molar-refractivity contribution is 5.94. The number of nitrogens with one attached hydrogen (secondary N) is 2. The number of hydrogen-bond donors (Lipinski definition) is 3. The number of carbonyl (C=O) groups excluding carboxylic acids is 1. The molecule has 1 heterocycles. The molecule has 1 atom stereocenters. The van der Waals surface area contributed by atoms with E-state index in [1.807, 2.05) is 0 Å². The third kappa shape index (κ3) is 3.51. The number of hydrogen-bond acceptors (Lipinski definition) is 4. The summed E-state index contributed by atoms with van der Waals surface area (Å²) >= 11 is 0. The van der Waals surface area contributed by atoms with E-state index in [1.54, 1.807) is 18.3 Å². The predicted molar refractivity (Wildman–Crippen MR) is 63.8 cm³/mol. The molecule has 16 heavy (non-hydrogen) atoms. The topological polar surface area (TPSA) is 80.0 Å². The largest absolute Gasteiger partial charge is 0.352 e. The molecule has 4 N–H and O–H groups in total. The second-order valence-corrected chi connectivity index (χ2v) is 3.80. The number of anilines is 1. The van der Waals surface area contributed by atoms with Gasteiger partial charge in [0.15, 0.2) is 0 Å². The highest BCUT2D eigenvalue weighted by Crippen LogP contribution is 2.05. The molecule has 0 saturated heterocycles. The fraction of sp³-hybridized carbons (Fsp3) is 0.455. The maximum absolute atomic E-state index is 11.7. The van der Waals surface area contributed by atoms with Gasteiger partial charge in [-0.15, -0.1) is 0 Å². The van der Waals surface area contributed by atoms with E-state index >= 15 is 0 Å². The van der Waals surface area contributed by atoms with Gasteiger partial charge in [0, 0.05) is 18.3 Å². The Balaban J connectivity index is 2.58. The summed E-state index contributed by atoms with van der Waals surface area (Å²) in [6.07, 6.45) is 2.60. The van der Waals surface area contributed by atoms with Crippen molar-refractivity contribution in [1.82, 2.24) is 10.3 Å². The van der Waals surface area contributed by atoms with E-state index in [1.165, 1.54) is 0 Å². The van der Waals surface area contributed by atoms with Crippen molar-refractivity contribution in [3.63, 3.8) is 0 Å². The number of aromatic nitrogens is 1. The van der Waals surface area contributed by atoms with Gasteiger partial charge in [-0.1, -0.05) is 20.3 Å². The molecule has 1 aromatic rings. The number of carbonyl (C=O) groups is 1. The summed E-state index contributed by atoms with van der Waals surface area (Å²) in [6.45, 7) is 4.88. The fourth-order valence-electron chi connectivity index (χ4n) is 1.16. The van der Waals surface area contributed by atoms with Gasteiger partial charge in [0.25, 0.3) is 5.91 Å². The molecule has 5 nitrogen and oxygen atoms in total. The summed E-state index contributed by atoms with van der Waals surface area (Å²) < 4.78 is 0. The van der Waals surface area contributed by atoms with Crippen LogP contribution in [0.5, 0.6) is 0 Å². The molecule has 1 aromatic heterocycles. The van der Waals surface area contributed by atoms with Crippen LogP contribution in [0.3, 0.4) is 0 Å². The lowest BCUT2D eigenvalue weighted by Gasteiger charge is -2.10. The zero-order valence-electron chi connectivity index (χ0n) is 9.66. The molecule has 1 unspecified atom stereocenters. The van der Waals surface area contributed by atoms with Gasteiger partial charge >= 0.3 is 0 Å². The van der Waals surface area contributed by atoms with Crippen molar-refractivity contribution in [1.29, 1.82) is 0 Å². The van der Waals surface area contributed by atoms with Crippen LogP contribution in [-0.4, -0.2) is 17.4 Å². The van der Waals surface area contributed by atoms with Gasteiger partial charge in [-0.05, 0) is 18.1 Å². The second-order valence-electron chi connectivity index (χ2n) is 3.80. The highest BCUT2D eigenvalue weighted by Gasteiger charge is 2.07. The zero-order valence-corrected chi connectivity index (χ0v) is 9.66. The molecule has 0 aliphatic rings. The molecule has 0 aliphatic carbocycles. The number of amides is 1. The molecule has 5 heteroatoms. The Labute approximate surface area is 95.4 Å². The molecule has 1 amide bonds. The van der Waals surface area contributed by atoms with Crippen molar-refractivity contribution in [3.05, 3.63) is 23.9 Å². The Morgan fingerprint density at radius 3 is 3.00 bits per heavy atom. The Bertz CT molecular complexity index is 354. The van der Waals surface area contributed by atoms with Gasteiger partial charge < -0.3 is 10.7 Å². The minimum atomic E-state index is -0.0980. The first-order chi connectivity index (χ1) is 7.67. The summed E-state index contributed by atoms with van der Waals surface area (Å²) in [4.78, 5) is 15.7. The molecular formula is C11H18N4O. The van der Waals surface area contributed by atoms with Crippen LogP contribution >= 0.6 is 0 Å². The lowest BCUT2D eigenvalue weighted by molar-refractivity contribution is 0.0948. The van der Waals surface area contributed by atoms with Crippen LogP contribution in [0.15, 0.2) is 18.3 Å². The van der Waals surface area contributed by atoms with Crippen molar-refractivity contribution >= 4 is 11.7 Å². The van der Waals surface area contributed by atoms with Crippen LogP contribution in [0.2, 0.25) is 0 Å². The monoisotopic (exact) mass is 222 g/mol. The number of hydrazine groups is 1. The molecule has 0 aliphatic heterocycles. The van der Waals surface area contributed by atoms with Crippen molar-refractivity contribution < 1.29 is 4.79 Å². The maximum atomic E-state index is 11.7. The SMILES string of the molecule is CCC(C)CNC(=O)c1ccnc(NN)c1. The smallest absolute Gasteiger partial charge is 0.251 e. The Kier molecular flexibility index (Phi) is 4.72. The molecule has 0 spiro atoms. The summed E-state index contributed by atoms with van der Waals surface area (Å²) in [5.74, 6) is 6.09. The van der Waals surface area contributed by atoms with Crippen LogP contribution in [0.25, 0.3) is 0 Å². The molecule has 0 aromatic carbocycles. The lowest BCUT2D eigenvalue weighted by Crippen LogP contribution is -2.28. The summed E-state index contributed by atoms with van der Waals surface area (Å²) in [5.41, 5.74) is 2.97. The molecule has 0 bridgehead atoms. The predicted octanol–water partition coefficient (Wildman–Crippen LogP) is 1.14. The van der Waals surface area contributed by atoms with Gasteiger partial charge in [0.2, 0.25) is 0 Å². The minimum Gasteiger partial charge on any atom is -0.352 e. The van der Waals surface area contributed by atoms with Gasteiger partial charge in [-0.2, -0.15) is 0 Å².